The monoisotopic (exact) mass is 420 g/mol. The van der Waals surface area contributed by atoms with Gasteiger partial charge in [0, 0.05) is 42.2 Å². The van der Waals surface area contributed by atoms with Crippen molar-refractivity contribution >= 4 is 5.91 Å². The highest BCUT2D eigenvalue weighted by molar-refractivity contribution is 5.94. The number of nitrogens with zero attached hydrogens (tertiary/aromatic N) is 3. The first kappa shape index (κ1) is 19.7. The van der Waals surface area contributed by atoms with Crippen molar-refractivity contribution in [3.05, 3.63) is 59.2 Å². The van der Waals surface area contributed by atoms with Crippen LogP contribution in [-0.2, 0) is 11.3 Å². The lowest BCUT2D eigenvalue weighted by molar-refractivity contribution is 0.0929. The van der Waals surface area contributed by atoms with Gasteiger partial charge < -0.3 is 19.3 Å². The SMILES string of the molecule is Cc1ccc(-c2noc(C3CC3)c2COc2ccc(C(=O)N[C@H]3CCOC3)cn2)cn1. The highest BCUT2D eigenvalue weighted by Crippen LogP contribution is 2.44. The van der Waals surface area contributed by atoms with Crippen LogP contribution in [0.4, 0.5) is 0 Å². The summed E-state index contributed by atoms with van der Waals surface area (Å²) in [5.41, 5.74) is 4.02. The topological polar surface area (TPSA) is 99.4 Å². The molecule has 1 N–H and O–H groups in total. The Morgan fingerprint density at radius 2 is 2.06 bits per heavy atom. The molecule has 1 aliphatic carbocycles. The van der Waals surface area contributed by atoms with Crippen LogP contribution in [0, 0.1) is 6.92 Å². The van der Waals surface area contributed by atoms with Crippen LogP contribution >= 0.6 is 0 Å². The summed E-state index contributed by atoms with van der Waals surface area (Å²) in [4.78, 5) is 21.0. The van der Waals surface area contributed by atoms with Gasteiger partial charge in [0.05, 0.1) is 23.8 Å². The summed E-state index contributed by atoms with van der Waals surface area (Å²) in [6, 6.07) is 7.42. The van der Waals surface area contributed by atoms with Crippen molar-refractivity contribution in [1.82, 2.24) is 20.4 Å². The highest BCUT2D eigenvalue weighted by Gasteiger charge is 2.33. The maximum atomic E-state index is 12.3. The van der Waals surface area contributed by atoms with Gasteiger partial charge in [-0.3, -0.25) is 9.78 Å². The number of hydrogen-bond donors (Lipinski definition) is 1. The van der Waals surface area contributed by atoms with Gasteiger partial charge in [0.15, 0.2) is 0 Å². The normalized spacial score (nSPS) is 18.2. The Labute approximate surface area is 180 Å². The van der Waals surface area contributed by atoms with Crippen molar-refractivity contribution < 1.29 is 18.8 Å². The van der Waals surface area contributed by atoms with Gasteiger partial charge in [-0.05, 0) is 44.4 Å². The Bertz CT molecular complexity index is 1050. The third-order valence-electron chi connectivity index (χ3n) is 5.58. The third kappa shape index (κ3) is 4.44. The minimum Gasteiger partial charge on any atom is -0.473 e. The number of hydrogen-bond acceptors (Lipinski definition) is 7. The maximum Gasteiger partial charge on any atom is 0.253 e. The molecule has 1 aliphatic heterocycles. The Morgan fingerprint density at radius 3 is 2.74 bits per heavy atom. The molecule has 3 aromatic rings. The van der Waals surface area contributed by atoms with Gasteiger partial charge in [0.25, 0.3) is 5.91 Å². The minimum absolute atomic E-state index is 0.0625. The van der Waals surface area contributed by atoms with E-state index < -0.39 is 0 Å². The Kier molecular flexibility index (Phi) is 5.38. The van der Waals surface area contributed by atoms with E-state index in [1.807, 2.05) is 19.1 Å². The largest absolute Gasteiger partial charge is 0.473 e. The Morgan fingerprint density at radius 1 is 1.16 bits per heavy atom. The molecule has 1 saturated carbocycles. The number of carbonyl (C=O) groups is 1. The molecule has 1 atom stereocenters. The Balaban J connectivity index is 1.29. The fourth-order valence-electron chi connectivity index (χ4n) is 3.63. The first-order valence-electron chi connectivity index (χ1n) is 10.6. The van der Waals surface area contributed by atoms with Gasteiger partial charge in [-0.1, -0.05) is 5.16 Å². The summed E-state index contributed by atoms with van der Waals surface area (Å²) in [5, 5.41) is 7.25. The second-order valence-corrected chi connectivity index (χ2v) is 8.04. The number of nitrogens with one attached hydrogen (secondary N) is 1. The number of rotatable bonds is 7. The lowest BCUT2D eigenvalue weighted by atomic mass is 10.1. The van der Waals surface area contributed by atoms with E-state index >= 15 is 0 Å². The highest BCUT2D eigenvalue weighted by atomic mass is 16.5. The van der Waals surface area contributed by atoms with Gasteiger partial charge >= 0.3 is 0 Å². The molecule has 3 aromatic heterocycles. The van der Waals surface area contributed by atoms with Gasteiger partial charge in [-0.25, -0.2) is 4.98 Å². The number of aromatic nitrogens is 3. The molecule has 0 bridgehead atoms. The van der Waals surface area contributed by atoms with Crippen molar-refractivity contribution in [2.24, 2.45) is 0 Å². The molecular formula is C23H24N4O4. The first-order valence-corrected chi connectivity index (χ1v) is 10.6. The van der Waals surface area contributed by atoms with Crippen molar-refractivity contribution in [2.45, 2.75) is 44.8 Å². The summed E-state index contributed by atoms with van der Waals surface area (Å²) in [7, 11) is 0. The lowest BCUT2D eigenvalue weighted by Gasteiger charge is -2.11. The molecule has 2 fully saturated rings. The predicted octanol–water partition coefficient (Wildman–Crippen LogP) is 3.42. The van der Waals surface area contributed by atoms with Gasteiger partial charge in [0.2, 0.25) is 5.88 Å². The van der Waals surface area contributed by atoms with Crippen LogP contribution in [0.2, 0.25) is 0 Å². The summed E-state index contributed by atoms with van der Waals surface area (Å²) in [6.07, 6.45) is 6.36. The second kappa shape index (κ2) is 8.47. The zero-order chi connectivity index (χ0) is 21.2. The first-order chi connectivity index (χ1) is 15.2. The van der Waals surface area contributed by atoms with E-state index in [4.69, 9.17) is 14.0 Å². The molecule has 4 heterocycles. The van der Waals surface area contributed by atoms with E-state index in [0.29, 0.717) is 30.6 Å². The fourth-order valence-corrected chi connectivity index (χ4v) is 3.63. The zero-order valence-electron chi connectivity index (χ0n) is 17.3. The maximum absolute atomic E-state index is 12.3. The molecule has 8 nitrogen and oxygen atoms in total. The minimum atomic E-state index is -0.154. The van der Waals surface area contributed by atoms with E-state index in [9.17, 15) is 4.79 Å². The molecular weight excluding hydrogens is 396 g/mol. The zero-order valence-corrected chi connectivity index (χ0v) is 17.3. The van der Waals surface area contributed by atoms with Gasteiger partial charge in [-0.2, -0.15) is 0 Å². The van der Waals surface area contributed by atoms with Gasteiger partial charge in [-0.15, -0.1) is 0 Å². The smallest absolute Gasteiger partial charge is 0.253 e. The molecule has 5 rings (SSSR count). The van der Waals surface area contributed by atoms with Crippen LogP contribution in [0.3, 0.4) is 0 Å². The van der Waals surface area contributed by atoms with Crippen LogP contribution in [-0.4, -0.2) is 40.3 Å². The molecule has 1 amide bonds. The van der Waals surface area contributed by atoms with Crippen LogP contribution < -0.4 is 10.1 Å². The van der Waals surface area contributed by atoms with E-state index in [1.165, 1.54) is 6.20 Å². The fraction of sp³-hybridized carbons (Fsp3) is 0.391. The Hall–Kier alpha value is -3.26. The van der Waals surface area contributed by atoms with Crippen molar-refractivity contribution in [3.8, 4) is 17.1 Å². The number of amides is 1. The van der Waals surface area contributed by atoms with E-state index in [1.54, 1.807) is 18.3 Å². The van der Waals surface area contributed by atoms with Crippen LogP contribution in [0.5, 0.6) is 5.88 Å². The predicted molar refractivity (Wildman–Crippen MR) is 112 cm³/mol. The van der Waals surface area contributed by atoms with Crippen LogP contribution in [0.15, 0.2) is 41.2 Å². The average Bonchev–Trinajstić information content (AvgIpc) is 3.34. The third-order valence-corrected chi connectivity index (χ3v) is 5.58. The van der Waals surface area contributed by atoms with Crippen molar-refractivity contribution in [2.75, 3.05) is 13.2 Å². The number of ether oxygens (including phenoxy) is 2. The average molecular weight is 420 g/mol. The van der Waals surface area contributed by atoms with Gasteiger partial charge in [0.1, 0.15) is 18.1 Å². The molecule has 8 heteroatoms. The second-order valence-electron chi connectivity index (χ2n) is 8.04. The number of aryl methyl sites for hydroxylation is 1. The summed E-state index contributed by atoms with van der Waals surface area (Å²) in [6.45, 7) is 3.48. The molecule has 31 heavy (non-hydrogen) atoms. The van der Waals surface area contributed by atoms with Crippen LogP contribution in [0.25, 0.3) is 11.3 Å². The molecule has 0 unspecified atom stereocenters. The summed E-state index contributed by atoms with van der Waals surface area (Å²) in [5.74, 6) is 1.57. The molecule has 1 saturated heterocycles. The van der Waals surface area contributed by atoms with E-state index in [0.717, 1.165) is 47.5 Å². The molecule has 0 spiro atoms. The summed E-state index contributed by atoms with van der Waals surface area (Å²) < 4.78 is 16.9. The number of carbonyl (C=O) groups excluding carboxylic acids is 1. The van der Waals surface area contributed by atoms with E-state index in [-0.39, 0.29) is 18.6 Å². The van der Waals surface area contributed by atoms with Crippen molar-refractivity contribution in [1.29, 1.82) is 0 Å². The lowest BCUT2D eigenvalue weighted by Crippen LogP contribution is -2.35. The molecule has 160 valence electrons. The molecule has 2 aliphatic rings. The number of pyridine rings is 2. The van der Waals surface area contributed by atoms with Crippen LogP contribution in [0.1, 0.15) is 52.6 Å². The molecule has 0 aromatic carbocycles. The summed E-state index contributed by atoms with van der Waals surface area (Å²) >= 11 is 0. The van der Waals surface area contributed by atoms with Crippen molar-refractivity contribution in [3.63, 3.8) is 0 Å². The molecule has 0 radical (unpaired) electrons. The van der Waals surface area contributed by atoms with E-state index in [2.05, 4.69) is 20.4 Å². The quantitative estimate of drug-likeness (QED) is 0.625. The standard InChI is InChI=1S/C23H24N4O4/c1-14-2-3-16(10-24-14)21-19(22(31-27-21)15-4-5-15)13-30-20-7-6-17(11-25-20)23(28)26-18-8-9-29-12-18/h2-3,6-7,10-11,15,18H,4-5,8-9,12-13H2,1H3,(H,26,28)/t18-/m0/s1.